The Labute approximate surface area is 185 Å². The summed E-state index contributed by atoms with van der Waals surface area (Å²) >= 11 is 0. The molecule has 1 heterocycles. The predicted octanol–water partition coefficient (Wildman–Crippen LogP) is 2.99. The summed E-state index contributed by atoms with van der Waals surface area (Å²) in [4.78, 5) is 39.2. The van der Waals surface area contributed by atoms with Crippen LogP contribution < -0.4 is 10.2 Å². The minimum absolute atomic E-state index is 0.0756. The Bertz CT molecular complexity index is 1310. The molecule has 0 bridgehead atoms. The summed E-state index contributed by atoms with van der Waals surface area (Å²) in [6.45, 7) is 0. The van der Waals surface area contributed by atoms with Gasteiger partial charge in [0.15, 0.2) is 0 Å². The predicted molar refractivity (Wildman–Crippen MR) is 119 cm³/mol. The Hall–Kier alpha value is -3.82. The average Bonchev–Trinajstić information content (AvgIpc) is 3.04. The minimum Gasteiger partial charge on any atom is -0.322 e. The second-order valence-corrected chi connectivity index (χ2v) is 9.46. The zero-order valence-electron chi connectivity index (χ0n) is 17.3. The molecule has 3 aromatic carbocycles. The molecule has 0 spiro atoms. The van der Waals surface area contributed by atoms with Crippen LogP contribution in [0.25, 0.3) is 0 Å². The molecule has 3 aromatic rings. The van der Waals surface area contributed by atoms with E-state index < -0.39 is 27.7 Å². The van der Waals surface area contributed by atoms with Gasteiger partial charge in [0.25, 0.3) is 17.7 Å². The van der Waals surface area contributed by atoms with Crippen molar-refractivity contribution in [3.05, 3.63) is 89.5 Å². The molecule has 0 saturated carbocycles. The van der Waals surface area contributed by atoms with E-state index in [-0.39, 0.29) is 10.5 Å². The van der Waals surface area contributed by atoms with Crippen molar-refractivity contribution in [1.29, 1.82) is 0 Å². The van der Waals surface area contributed by atoms with Crippen LogP contribution in [-0.4, -0.2) is 44.5 Å². The largest absolute Gasteiger partial charge is 0.322 e. The fourth-order valence-electron chi connectivity index (χ4n) is 3.34. The Kier molecular flexibility index (Phi) is 5.37. The van der Waals surface area contributed by atoms with Gasteiger partial charge in [-0.3, -0.25) is 14.4 Å². The second kappa shape index (κ2) is 8.03. The number of imide groups is 1. The third-order valence-corrected chi connectivity index (χ3v) is 6.88. The van der Waals surface area contributed by atoms with Crippen molar-refractivity contribution in [3.8, 4) is 0 Å². The number of rotatable bonds is 5. The summed E-state index contributed by atoms with van der Waals surface area (Å²) in [6.07, 6.45) is 0. The van der Waals surface area contributed by atoms with Crippen LogP contribution >= 0.6 is 0 Å². The molecule has 0 aliphatic carbocycles. The van der Waals surface area contributed by atoms with E-state index in [1.54, 1.807) is 42.5 Å². The molecule has 3 amide bonds. The zero-order valence-corrected chi connectivity index (χ0v) is 18.1. The van der Waals surface area contributed by atoms with Gasteiger partial charge in [-0.2, -0.15) is 0 Å². The first-order valence-electron chi connectivity index (χ1n) is 9.62. The summed E-state index contributed by atoms with van der Waals surface area (Å²) in [6, 6.07) is 18.5. The molecule has 9 heteroatoms. The van der Waals surface area contributed by atoms with Crippen molar-refractivity contribution < 1.29 is 22.8 Å². The first kappa shape index (κ1) is 21.4. The minimum atomic E-state index is -3.59. The number of nitrogens with zero attached hydrogens (tertiary/aromatic N) is 2. The third-order valence-electron chi connectivity index (χ3n) is 5.05. The lowest BCUT2D eigenvalue weighted by Crippen LogP contribution is -2.29. The Balaban J connectivity index is 1.55. The van der Waals surface area contributed by atoms with Crippen molar-refractivity contribution in [1.82, 2.24) is 4.31 Å². The molecule has 0 unspecified atom stereocenters. The number of amides is 3. The van der Waals surface area contributed by atoms with Gasteiger partial charge < -0.3 is 5.32 Å². The fraction of sp³-hybridized carbons (Fsp3) is 0.0870. The third kappa shape index (κ3) is 3.68. The number of hydrogen-bond acceptors (Lipinski definition) is 5. The van der Waals surface area contributed by atoms with E-state index in [1.165, 1.54) is 44.4 Å². The lowest BCUT2D eigenvalue weighted by atomic mass is 10.1. The quantitative estimate of drug-likeness (QED) is 0.603. The number of fused-ring (bicyclic) bond motifs is 1. The van der Waals surface area contributed by atoms with Gasteiger partial charge in [-0.05, 0) is 54.6 Å². The first-order valence-corrected chi connectivity index (χ1v) is 11.1. The Morgan fingerprint density at radius 3 is 2.00 bits per heavy atom. The van der Waals surface area contributed by atoms with Gasteiger partial charge >= 0.3 is 0 Å². The number of benzene rings is 3. The van der Waals surface area contributed by atoms with Crippen molar-refractivity contribution in [2.24, 2.45) is 0 Å². The highest BCUT2D eigenvalue weighted by atomic mass is 32.2. The average molecular weight is 449 g/mol. The molecular weight excluding hydrogens is 430 g/mol. The number of anilines is 2. The van der Waals surface area contributed by atoms with Crippen LogP contribution in [0, 0.1) is 0 Å². The fourth-order valence-corrected chi connectivity index (χ4v) is 4.24. The summed E-state index contributed by atoms with van der Waals surface area (Å²) in [5.74, 6) is -1.31. The van der Waals surface area contributed by atoms with E-state index in [4.69, 9.17) is 0 Å². The van der Waals surface area contributed by atoms with Gasteiger partial charge in [0.05, 0.1) is 21.7 Å². The van der Waals surface area contributed by atoms with E-state index in [9.17, 15) is 22.8 Å². The lowest BCUT2D eigenvalue weighted by Gasteiger charge is -2.15. The van der Waals surface area contributed by atoms with E-state index >= 15 is 0 Å². The number of carbonyl (C=O) groups excluding carboxylic acids is 3. The van der Waals surface area contributed by atoms with Gasteiger partial charge in [0.2, 0.25) is 10.0 Å². The van der Waals surface area contributed by atoms with Gasteiger partial charge in [0, 0.05) is 25.3 Å². The molecule has 1 aliphatic heterocycles. The molecule has 0 atom stereocenters. The van der Waals surface area contributed by atoms with Crippen LogP contribution in [0.5, 0.6) is 0 Å². The van der Waals surface area contributed by atoms with Crippen LogP contribution in [0.3, 0.4) is 0 Å². The lowest BCUT2D eigenvalue weighted by molar-refractivity contribution is 0.0925. The number of sulfonamides is 1. The smallest absolute Gasteiger partial charge is 0.266 e. The molecule has 8 nitrogen and oxygen atoms in total. The summed E-state index contributed by atoms with van der Waals surface area (Å²) in [5, 5.41) is 2.71. The topological polar surface area (TPSA) is 104 Å². The number of carbonyl (C=O) groups is 3. The summed E-state index contributed by atoms with van der Waals surface area (Å²) in [7, 11) is -0.738. The number of hydrogen-bond donors (Lipinski definition) is 1. The molecule has 162 valence electrons. The van der Waals surface area contributed by atoms with Crippen LogP contribution in [0.1, 0.15) is 31.1 Å². The molecule has 0 saturated heterocycles. The second-order valence-electron chi connectivity index (χ2n) is 7.31. The van der Waals surface area contributed by atoms with Gasteiger partial charge in [-0.15, -0.1) is 0 Å². The zero-order chi connectivity index (χ0) is 23.0. The molecule has 1 aliphatic rings. The molecule has 32 heavy (non-hydrogen) atoms. The molecular formula is C23H19N3O5S. The van der Waals surface area contributed by atoms with Crippen LogP contribution in [0.15, 0.2) is 77.7 Å². The van der Waals surface area contributed by atoms with E-state index in [2.05, 4.69) is 5.32 Å². The molecule has 1 N–H and O–H groups in total. The van der Waals surface area contributed by atoms with Gasteiger partial charge in [0.1, 0.15) is 0 Å². The van der Waals surface area contributed by atoms with Crippen molar-refractivity contribution in [2.75, 3.05) is 24.3 Å². The molecule has 0 aromatic heterocycles. The maximum Gasteiger partial charge on any atom is 0.266 e. The first-order chi connectivity index (χ1) is 15.2. The molecule has 4 rings (SSSR count). The monoisotopic (exact) mass is 449 g/mol. The highest BCUT2D eigenvalue weighted by Gasteiger charge is 2.36. The highest BCUT2D eigenvalue weighted by molar-refractivity contribution is 7.89. The van der Waals surface area contributed by atoms with E-state index in [0.717, 1.165) is 9.21 Å². The standard InChI is InChI=1S/C23H19N3O5S/c1-25(2)32(30,31)18-12-10-15(11-13-18)21(27)24-16-6-5-7-17(14-16)26-22(28)19-8-3-4-9-20(19)23(26)29/h3-14H,1-2H3,(H,24,27). The van der Waals surface area contributed by atoms with E-state index in [1.807, 2.05) is 0 Å². The van der Waals surface area contributed by atoms with Crippen molar-refractivity contribution >= 4 is 39.1 Å². The summed E-state index contributed by atoms with van der Waals surface area (Å²) in [5.41, 5.74) is 1.64. The van der Waals surface area contributed by atoms with Gasteiger partial charge in [-0.1, -0.05) is 18.2 Å². The SMILES string of the molecule is CN(C)S(=O)(=O)c1ccc(C(=O)Nc2cccc(N3C(=O)c4ccccc4C3=O)c2)cc1. The Morgan fingerprint density at radius 2 is 1.44 bits per heavy atom. The van der Waals surface area contributed by atoms with Crippen molar-refractivity contribution in [2.45, 2.75) is 4.90 Å². The normalized spacial score (nSPS) is 13.4. The maximum atomic E-state index is 12.7. The van der Waals surface area contributed by atoms with E-state index in [0.29, 0.717) is 22.5 Å². The molecule has 0 fully saturated rings. The summed E-state index contributed by atoms with van der Waals surface area (Å²) < 4.78 is 25.4. The highest BCUT2D eigenvalue weighted by Crippen LogP contribution is 2.30. The van der Waals surface area contributed by atoms with Crippen LogP contribution in [0.4, 0.5) is 11.4 Å². The molecule has 0 radical (unpaired) electrons. The van der Waals surface area contributed by atoms with Gasteiger partial charge in [-0.25, -0.2) is 17.6 Å². The maximum absolute atomic E-state index is 12.7. The Morgan fingerprint density at radius 1 is 0.844 bits per heavy atom. The van der Waals surface area contributed by atoms with Crippen molar-refractivity contribution in [3.63, 3.8) is 0 Å². The van der Waals surface area contributed by atoms with Crippen LogP contribution in [-0.2, 0) is 10.0 Å². The number of nitrogens with one attached hydrogen (secondary N) is 1. The van der Waals surface area contributed by atoms with Crippen LogP contribution in [0.2, 0.25) is 0 Å².